The zero-order valence-electron chi connectivity index (χ0n) is 15.9. The maximum atomic E-state index is 5.34. The average Bonchev–Trinajstić information content (AvgIpc) is 2.79. The van der Waals surface area contributed by atoms with Crippen LogP contribution >= 0.6 is 0 Å². The third kappa shape index (κ3) is 2.87. The van der Waals surface area contributed by atoms with Gasteiger partial charge in [0.1, 0.15) is 5.75 Å². The van der Waals surface area contributed by atoms with Crippen LogP contribution < -0.4 is 4.74 Å². The molecular formula is C26H21NO. The van der Waals surface area contributed by atoms with E-state index in [4.69, 9.17) is 9.72 Å². The number of benzene rings is 3. The molecule has 1 aliphatic carbocycles. The predicted octanol–water partition coefficient (Wildman–Crippen LogP) is 6.19. The number of methoxy groups -OCH3 is 1. The molecule has 28 heavy (non-hydrogen) atoms. The van der Waals surface area contributed by atoms with E-state index in [9.17, 15) is 0 Å². The van der Waals surface area contributed by atoms with E-state index in [0.717, 1.165) is 35.5 Å². The highest BCUT2D eigenvalue weighted by molar-refractivity contribution is 5.83. The summed E-state index contributed by atoms with van der Waals surface area (Å²) >= 11 is 0. The molecule has 136 valence electrons. The molecule has 0 amide bonds. The molecule has 0 atom stereocenters. The van der Waals surface area contributed by atoms with Gasteiger partial charge in [0.05, 0.1) is 18.5 Å². The van der Waals surface area contributed by atoms with Crippen molar-refractivity contribution in [2.24, 2.45) is 0 Å². The minimum Gasteiger partial charge on any atom is -0.497 e. The van der Waals surface area contributed by atoms with Crippen LogP contribution in [0.2, 0.25) is 0 Å². The molecule has 2 heteroatoms. The number of aromatic nitrogens is 1. The number of nitrogens with zero attached hydrogens (tertiary/aromatic N) is 1. The van der Waals surface area contributed by atoms with Crippen molar-refractivity contribution in [3.8, 4) is 39.4 Å². The van der Waals surface area contributed by atoms with Crippen LogP contribution in [0.3, 0.4) is 0 Å². The molecule has 0 saturated heterocycles. The Kier molecular flexibility index (Phi) is 4.17. The molecule has 0 radical (unpaired) electrons. The SMILES string of the molecule is COc1ccc(-c2cc(-c3ccccc3)nc3c2CCc2ccccc2-3)cc1. The van der Waals surface area contributed by atoms with Crippen LogP contribution in [0.4, 0.5) is 0 Å². The summed E-state index contributed by atoms with van der Waals surface area (Å²) in [6, 6.07) is 29.7. The molecule has 0 bridgehead atoms. The van der Waals surface area contributed by atoms with Crippen LogP contribution in [0.25, 0.3) is 33.6 Å². The van der Waals surface area contributed by atoms with Gasteiger partial charge in [0.15, 0.2) is 0 Å². The number of aryl methyl sites for hydroxylation is 1. The second kappa shape index (κ2) is 6.97. The first-order valence-electron chi connectivity index (χ1n) is 9.65. The summed E-state index contributed by atoms with van der Waals surface area (Å²) < 4.78 is 5.34. The molecule has 1 aliphatic rings. The molecule has 0 unspecified atom stereocenters. The first kappa shape index (κ1) is 16.8. The van der Waals surface area contributed by atoms with Gasteiger partial charge in [0, 0.05) is 11.1 Å². The van der Waals surface area contributed by atoms with Crippen molar-refractivity contribution in [3.05, 3.63) is 96.1 Å². The molecule has 1 heterocycles. The van der Waals surface area contributed by atoms with Crippen LogP contribution in [0.1, 0.15) is 11.1 Å². The molecule has 1 aromatic heterocycles. The Morgan fingerprint density at radius 1 is 0.714 bits per heavy atom. The standard InChI is InChI=1S/C26H21NO/c1-28-21-14-11-19(12-15-21)24-17-25(20-8-3-2-4-9-20)27-26-22-10-6-5-7-18(22)13-16-23(24)26/h2-12,14-15,17H,13,16H2,1H3. The van der Waals surface area contributed by atoms with E-state index in [1.807, 2.05) is 18.2 Å². The minimum atomic E-state index is 0.875. The molecule has 0 N–H and O–H groups in total. The number of hydrogen-bond acceptors (Lipinski definition) is 2. The van der Waals surface area contributed by atoms with Gasteiger partial charge in [0.2, 0.25) is 0 Å². The lowest BCUT2D eigenvalue weighted by molar-refractivity contribution is 0.415. The van der Waals surface area contributed by atoms with Crippen LogP contribution in [0.5, 0.6) is 5.75 Å². The lowest BCUT2D eigenvalue weighted by atomic mass is 9.84. The summed E-state index contributed by atoms with van der Waals surface area (Å²) in [5.74, 6) is 0.875. The van der Waals surface area contributed by atoms with Gasteiger partial charge >= 0.3 is 0 Å². The Labute approximate surface area is 165 Å². The van der Waals surface area contributed by atoms with Crippen molar-refractivity contribution >= 4 is 0 Å². The molecule has 0 aliphatic heterocycles. The van der Waals surface area contributed by atoms with E-state index in [-0.39, 0.29) is 0 Å². The third-order valence-corrected chi connectivity index (χ3v) is 5.51. The lowest BCUT2D eigenvalue weighted by Gasteiger charge is -2.23. The number of fused-ring (bicyclic) bond motifs is 3. The van der Waals surface area contributed by atoms with Crippen molar-refractivity contribution in [2.45, 2.75) is 12.8 Å². The van der Waals surface area contributed by atoms with Crippen molar-refractivity contribution in [1.82, 2.24) is 4.98 Å². The first-order valence-corrected chi connectivity index (χ1v) is 9.65. The van der Waals surface area contributed by atoms with Gasteiger partial charge in [-0.2, -0.15) is 0 Å². The van der Waals surface area contributed by atoms with Gasteiger partial charge in [-0.25, -0.2) is 4.98 Å². The Bertz CT molecular complexity index is 1130. The Morgan fingerprint density at radius 2 is 1.46 bits per heavy atom. The smallest absolute Gasteiger partial charge is 0.118 e. The van der Waals surface area contributed by atoms with Gasteiger partial charge in [-0.1, -0.05) is 66.7 Å². The second-order valence-electron chi connectivity index (χ2n) is 7.13. The highest BCUT2D eigenvalue weighted by Crippen LogP contribution is 2.40. The van der Waals surface area contributed by atoms with Gasteiger partial charge in [-0.3, -0.25) is 0 Å². The van der Waals surface area contributed by atoms with Crippen LogP contribution in [0.15, 0.2) is 84.9 Å². The maximum absolute atomic E-state index is 5.34. The molecule has 0 fully saturated rings. The fourth-order valence-electron chi connectivity index (χ4n) is 4.06. The normalized spacial score (nSPS) is 12.2. The molecule has 0 saturated carbocycles. The number of pyridine rings is 1. The fraction of sp³-hybridized carbons (Fsp3) is 0.115. The summed E-state index contributed by atoms with van der Waals surface area (Å²) in [7, 11) is 1.70. The van der Waals surface area contributed by atoms with E-state index in [1.165, 1.54) is 27.8 Å². The van der Waals surface area contributed by atoms with E-state index in [2.05, 4.69) is 66.7 Å². The maximum Gasteiger partial charge on any atom is 0.118 e. The molecule has 0 spiro atoms. The van der Waals surface area contributed by atoms with Gasteiger partial charge < -0.3 is 4.74 Å². The van der Waals surface area contributed by atoms with Crippen molar-refractivity contribution in [2.75, 3.05) is 7.11 Å². The molecule has 4 aromatic rings. The average molecular weight is 363 g/mol. The van der Waals surface area contributed by atoms with Crippen LogP contribution in [-0.4, -0.2) is 12.1 Å². The van der Waals surface area contributed by atoms with E-state index in [0.29, 0.717) is 0 Å². The Hall–Kier alpha value is -3.39. The lowest BCUT2D eigenvalue weighted by Crippen LogP contribution is -2.08. The molecule has 3 aromatic carbocycles. The summed E-state index contributed by atoms with van der Waals surface area (Å²) in [4.78, 5) is 5.12. The highest BCUT2D eigenvalue weighted by atomic mass is 16.5. The van der Waals surface area contributed by atoms with E-state index < -0.39 is 0 Å². The predicted molar refractivity (Wildman–Crippen MR) is 115 cm³/mol. The molecule has 2 nitrogen and oxygen atoms in total. The van der Waals surface area contributed by atoms with Crippen molar-refractivity contribution in [1.29, 1.82) is 0 Å². The van der Waals surface area contributed by atoms with Gasteiger partial charge in [0.25, 0.3) is 0 Å². The highest BCUT2D eigenvalue weighted by Gasteiger charge is 2.22. The van der Waals surface area contributed by atoms with Crippen LogP contribution in [-0.2, 0) is 12.8 Å². The Balaban J connectivity index is 1.76. The monoisotopic (exact) mass is 363 g/mol. The zero-order chi connectivity index (χ0) is 18.9. The third-order valence-electron chi connectivity index (χ3n) is 5.51. The van der Waals surface area contributed by atoms with Crippen molar-refractivity contribution < 1.29 is 4.74 Å². The first-order chi connectivity index (χ1) is 13.8. The zero-order valence-corrected chi connectivity index (χ0v) is 15.9. The summed E-state index contributed by atoms with van der Waals surface area (Å²) in [6.45, 7) is 0. The van der Waals surface area contributed by atoms with Crippen molar-refractivity contribution in [3.63, 3.8) is 0 Å². The second-order valence-corrected chi connectivity index (χ2v) is 7.13. The summed E-state index contributed by atoms with van der Waals surface area (Å²) in [5, 5.41) is 0. The molecule has 5 rings (SSSR count). The van der Waals surface area contributed by atoms with E-state index >= 15 is 0 Å². The minimum absolute atomic E-state index is 0.875. The molecular weight excluding hydrogens is 342 g/mol. The fourth-order valence-corrected chi connectivity index (χ4v) is 4.06. The topological polar surface area (TPSA) is 22.1 Å². The van der Waals surface area contributed by atoms with Crippen LogP contribution in [0, 0.1) is 0 Å². The van der Waals surface area contributed by atoms with Gasteiger partial charge in [-0.05, 0) is 53.3 Å². The largest absolute Gasteiger partial charge is 0.497 e. The summed E-state index contributed by atoms with van der Waals surface area (Å²) in [5.41, 5.74) is 9.73. The number of rotatable bonds is 3. The Morgan fingerprint density at radius 3 is 2.25 bits per heavy atom. The quantitative estimate of drug-likeness (QED) is 0.433. The number of hydrogen-bond donors (Lipinski definition) is 0. The van der Waals surface area contributed by atoms with E-state index in [1.54, 1.807) is 7.11 Å². The summed E-state index contributed by atoms with van der Waals surface area (Å²) in [6.07, 6.45) is 2.06. The number of ether oxygens (including phenoxy) is 1. The van der Waals surface area contributed by atoms with Gasteiger partial charge in [-0.15, -0.1) is 0 Å².